The van der Waals surface area contributed by atoms with Crippen molar-refractivity contribution in [1.29, 1.82) is 0 Å². The van der Waals surface area contributed by atoms with Crippen molar-refractivity contribution in [2.45, 2.75) is 19.4 Å². The molecule has 0 saturated heterocycles. The summed E-state index contributed by atoms with van der Waals surface area (Å²) in [6, 6.07) is 15.9. The van der Waals surface area contributed by atoms with Gasteiger partial charge >= 0.3 is 5.97 Å². The Balaban J connectivity index is 1.54. The Morgan fingerprint density at radius 1 is 1.15 bits per heavy atom. The van der Waals surface area contributed by atoms with E-state index in [1.807, 2.05) is 30.3 Å². The molecular formula is C20H18FNO3S. The molecule has 0 aliphatic carbocycles. The van der Waals surface area contributed by atoms with Crippen molar-refractivity contribution >= 4 is 33.3 Å². The van der Waals surface area contributed by atoms with Crippen LogP contribution in [0.25, 0.3) is 10.1 Å². The van der Waals surface area contributed by atoms with Crippen LogP contribution in [-0.2, 0) is 16.0 Å². The monoisotopic (exact) mass is 371 g/mol. The van der Waals surface area contributed by atoms with Crippen LogP contribution in [0.2, 0.25) is 0 Å². The van der Waals surface area contributed by atoms with E-state index in [0.29, 0.717) is 23.1 Å². The molecule has 1 heterocycles. The number of rotatable bonds is 6. The van der Waals surface area contributed by atoms with Gasteiger partial charge in [-0.15, -0.1) is 11.3 Å². The number of thiophene rings is 1. The molecule has 2 aromatic carbocycles. The fourth-order valence-electron chi connectivity index (χ4n) is 2.52. The molecule has 0 fully saturated rings. The summed E-state index contributed by atoms with van der Waals surface area (Å²) >= 11 is 1.14. The average Bonchev–Trinajstić information content (AvgIpc) is 3.08. The summed E-state index contributed by atoms with van der Waals surface area (Å²) in [6.45, 7) is 1.97. The number of nitrogens with one attached hydrogen (secondary N) is 1. The minimum Gasteiger partial charge on any atom is -0.448 e. The molecule has 0 bridgehead atoms. The van der Waals surface area contributed by atoms with Crippen LogP contribution in [0.5, 0.6) is 0 Å². The molecule has 0 radical (unpaired) electrons. The van der Waals surface area contributed by atoms with Gasteiger partial charge in [0.05, 0.1) is 0 Å². The first-order valence-electron chi connectivity index (χ1n) is 8.25. The SMILES string of the molecule is C[C@H](OC(=O)c1cc2c(F)cccc2s1)C(=O)NCCc1ccccc1. The third-order valence-corrected chi connectivity index (χ3v) is 5.00. The molecule has 6 heteroatoms. The number of hydrogen-bond acceptors (Lipinski definition) is 4. The van der Waals surface area contributed by atoms with Gasteiger partial charge in [-0.05, 0) is 37.1 Å². The maximum Gasteiger partial charge on any atom is 0.349 e. The number of halogens is 1. The standard InChI is InChI=1S/C20H18FNO3S/c1-13(19(23)22-11-10-14-6-3-2-4-7-14)25-20(24)18-12-15-16(21)8-5-9-17(15)26-18/h2-9,12-13H,10-11H2,1H3,(H,22,23)/t13-/m0/s1. The molecule has 0 unspecified atom stereocenters. The maximum atomic E-state index is 13.7. The van der Waals surface area contributed by atoms with Crippen LogP contribution in [0.3, 0.4) is 0 Å². The van der Waals surface area contributed by atoms with Gasteiger partial charge in [0.2, 0.25) is 0 Å². The Labute approximate surface area is 154 Å². The molecule has 0 spiro atoms. The van der Waals surface area contributed by atoms with Gasteiger partial charge in [0.25, 0.3) is 5.91 Å². The zero-order chi connectivity index (χ0) is 18.5. The summed E-state index contributed by atoms with van der Waals surface area (Å²) in [5.41, 5.74) is 1.12. The zero-order valence-corrected chi connectivity index (χ0v) is 15.0. The molecule has 4 nitrogen and oxygen atoms in total. The van der Waals surface area contributed by atoms with Gasteiger partial charge in [-0.25, -0.2) is 9.18 Å². The number of esters is 1. The van der Waals surface area contributed by atoms with Crippen LogP contribution < -0.4 is 5.32 Å². The van der Waals surface area contributed by atoms with E-state index in [9.17, 15) is 14.0 Å². The third kappa shape index (κ3) is 4.26. The molecule has 1 amide bonds. The molecule has 0 saturated carbocycles. The Kier molecular flexibility index (Phi) is 5.63. The van der Waals surface area contributed by atoms with Crippen molar-refractivity contribution in [2.75, 3.05) is 6.54 Å². The van der Waals surface area contributed by atoms with Crippen LogP contribution in [0, 0.1) is 5.82 Å². The highest BCUT2D eigenvalue weighted by molar-refractivity contribution is 7.20. The van der Waals surface area contributed by atoms with Crippen molar-refractivity contribution in [3.8, 4) is 0 Å². The molecule has 26 heavy (non-hydrogen) atoms. The predicted molar refractivity (Wildman–Crippen MR) is 99.8 cm³/mol. The molecule has 1 atom stereocenters. The molecule has 1 aromatic heterocycles. The number of hydrogen-bond donors (Lipinski definition) is 1. The fourth-order valence-corrected chi connectivity index (χ4v) is 3.47. The summed E-state index contributed by atoms with van der Waals surface area (Å²) in [7, 11) is 0. The fraction of sp³-hybridized carbons (Fsp3) is 0.200. The van der Waals surface area contributed by atoms with Crippen LogP contribution in [0.15, 0.2) is 54.6 Å². The van der Waals surface area contributed by atoms with Gasteiger partial charge in [0.15, 0.2) is 6.10 Å². The van der Waals surface area contributed by atoms with Crippen molar-refractivity contribution in [1.82, 2.24) is 5.32 Å². The van der Waals surface area contributed by atoms with Gasteiger partial charge in [-0.1, -0.05) is 36.4 Å². The Morgan fingerprint density at radius 3 is 2.65 bits per heavy atom. The highest BCUT2D eigenvalue weighted by atomic mass is 32.1. The van der Waals surface area contributed by atoms with Gasteiger partial charge in [-0.2, -0.15) is 0 Å². The van der Waals surface area contributed by atoms with Crippen molar-refractivity contribution < 1.29 is 18.7 Å². The van der Waals surface area contributed by atoms with Gasteiger partial charge in [-0.3, -0.25) is 4.79 Å². The van der Waals surface area contributed by atoms with E-state index < -0.39 is 12.1 Å². The van der Waals surface area contributed by atoms with E-state index in [1.165, 1.54) is 19.1 Å². The molecule has 0 aliphatic heterocycles. The van der Waals surface area contributed by atoms with Crippen molar-refractivity contribution in [2.24, 2.45) is 0 Å². The lowest BCUT2D eigenvalue weighted by Gasteiger charge is -2.13. The van der Waals surface area contributed by atoms with E-state index in [1.54, 1.807) is 12.1 Å². The number of benzene rings is 2. The first-order valence-corrected chi connectivity index (χ1v) is 9.07. The molecule has 134 valence electrons. The van der Waals surface area contributed by atoms with Crippen LogP contribution in [0.4, 0.5) is 4.39 Å². The van der Waals surface area contributed by atoms with Crippen molar-refractivity contribution in [3.63, 3.8) is 0 Å². The highest BCUT2D eigenvalue weighted by Crippen LogP contribution is 2.28. The second kappa shape index (κ2) is 8.10. The smallest absolute Gasteiger partial charge is 0.349 e. The Morgan fingerprint density at radius 2 is 1.92 bits per heavy atom. The van der Waals surface area contributed by atoms with Crippen LogP contribution in [-0.4, -0.2) is 24.5 Å². The summed E-state index contributed by atoms with van der Waals surface area (Å²) in [5, 5.41) is 3.13. The summed E-state index contributed by atoms with van der Waals surface area (Å²) in [4.78, 5) is 24.6. The van der Waals surface area contributed by atoms with E-state index in [0.717, 1.165) is 16.9 Å². The Bertz CT molecular complexity index is 923. The number of carbonyl (C=O) groups is 2. The number of fused-ring (bicyclic) bond motifs is 1. The third-order valence-electron chi connectivity index (χ3n) is 3.92. The minimum atomic E-state index is -0.923. The molecule has 3 aromatic rings. The largest absolute Gasteiger partial charge is 0.448 e. The quantitative estimate of drug-likeness (QED) is 0.668. The summed E-state index contributed by atoms with van der Waals surface area (Å²) in [5.74, 6) is -1.37. The van der Waals surface area contributed by atoms with E-state index in [-0.39, 0.29) is 16.6 Å². The second-order valence-electron chi connectivity index (χ2n) is 5.84. The van der Waals surface area contributed by atoms with E-state index in [4.69, 9.17) is 4.74 Å². The summed E-state index contributed by atoms with van der Waals surface area (Å²) in [6.07, 6.45) is -0.226. The maximum absolute atomic E-state index is 13.7. The first kappa shape index (κ1) is 18.1. The van der Waals surface area contributed by atoms with Crippen molar-refractivity contribution in [3.05, 3.63) is 70.9 Å². The zero-order valence-electron chi connectivity index (χ0n) is 14.2. The lowest BCUT2D eigenvalue weighted by Crippen LogP contribution is -2.36. The normalized spacial score (nSPS) is 11.9. The lowest BCUT2D eigenvalue weighted by atomic mass is 10.1. The average molecular weight is 371 g/mol. The molecule has 3 rings (SSSR count). The predicted octanol–water partition coefficient (Wildman–Crippen LogP) is 3.94. The van der Waals surface area contributed by atoms with Crippen LogP contribution in [0.1, 0.15) is 22.2 Å². The number of amides is 1. The Hall–Kier alpha value is -2.73. The topological polar surface area (TPSA) is 55.4 Å². The van der Waals surface area contributed by atoms with E-state index in [2.05, 4.69) is 5.32 Å². The number of ether oxygens (including phenoxy) is 1. The highest BCUT2D eigenvalue weighted by Gasteiger charge is 2.20. The minimum absolute atomic E-state index is 0.272. The lowest BCUT2D eigenvalue weighted by molar-refractivity contribution is -0.129. The second-order valence-corrected chi connectivity index (χ2v) is 6.92. The number of carbonyl (C=O) groups excluding carboxylic acids is 2. The summed E-state index contributed by atoms with van der Waals surface area (Å²) < 4.78 is 19.6. The van der Waals surface area contributed by atoms with Gasteiger partial charge < -0.3 is 10.1 Å². The van der Waals surface area contributed by atoms with Crippen LogP contribution >= 0.6 is 11.3 Å². The van der Waals surface area contributed by atoms with Gasteiger partial charge in [0.1, 0.15) is 10.7 Å². The van der Waals surface area contributed by atoms with Gasteiger partial charge in [0, 0.05) is 16.6 Å². The van der Waals surface area contributed by atoms with E-state index >= 15 is 0 Å². The molecule has 0 aliphatic rings. The molecule has 1 N–H and O–H groups in total. The first-order chi connectivity index (χ1) is 12.5. The molecular weight excluding hydrogens is 353 g/mol.